The van der Waals surface area contributed by atoms with Crippen molar-refractivity contribution in [1.29, 1.82) is 0 Å². The summed E-state index contributed by atoms with van der Waals surface area (Å²) in [5, 5.41) is 0. The summed E-state index contributed by atoms with van der Waals surface area (Å²) < 4.78 is 1.99. The van der Waals surface area contributed by atoms with Crippen LogP contribution in [0.15, 0.2) is 7.87 Å². The zero-order valence-corrected chi connectivity index (χ0v) is 8.31. The molecule has 0 aromatic rings. The van der Waals surface area contributed by atoms with Crippen molar-refractivity contribution in [3.05, 3.63) is 14.8 Å². The number of hydrogen-bond acceptors (Lipinski definition) is 0. The third-order valence-corrected chi connectivity index (χ3v) is 3.24. The highest BCUT2D eigenvalue weighted by molar-refractivity contribution is 9.29. The fourth-order valence-electron chi connectivity index (χ4n) is 0.0945. The van der Waals surface area contributed by atoms with E-state index in [-0.39, 0.29) is 0 Å². The van der Waals surface area contributed by atoms with Crippen molar-refractivity contribution in [1.82, 2.24) is 0 Å². The van der Waals surface area contributed by atoms with E-state index in [0.29, 0.717) is 0 Å². The molecule has 3 heteroatoms. The van der Waals surface area contributed by atoms with Crippen LogP contribution in [0.25, 0.3) is 0 Å². The predicted molar refractivity (Wildman–Crippen MR) is 43.8 cm³/mol. The number of allylic oxidation sites excluding steroid dienone is 1. The van der Waals surface area contributed by atoms with Crippen LogP contribution in [0, 0.1) is 6.92 Å². The van der Waals surface area contributed by atoms with Gasteiger partial charge in [-0.3, -0.25) is 0 Å². The van der Waals surface area contributed by atoms with Gasteiger partial charge in [0.2, 0.25) is 0 Å². The van der Waals surface area contributed by atoms with Gasteiger partial charge in [0.15, 0.2) is 0 Å². The maximum Gasteiger partial charge on any atom is 0.0705 e. The highest BCUT2D eigenvalue weighted by Crippen LogP contribution is 2.25. The molecule has 0 nitrogen and oxygen atoms in total. The molecular weight excluding hydrogens is 288 g/mol. The highest BCUT2D eigenvalue weighted by atomic mass is 79.9. The van der Waals surface area contributed by atoms with Crippen LogP contribution in [0.2, 0.25) is 0 Å². The van der Waals surface area contributed by atoms with Crippen LogP contribution < -0.4 is 0 Å². The largest absolute Gasteiger partial charge is 0.0705 e. The van der Waals surface area contributed by atoms with Crippen molar-refractivity contribution in [3.63, 3.8) is 0 Å². The van der Waals surface area contributed by atoms with E-state index in [1.54, 1.807) is 0 Å². The topological polar surface area (TPSA) is 0 Å². The Morgan fingerprint density at radius 1 is 1.29 bits per heavy atom. The van der Waals surface area contributed by atoms with Crippen LogP contribution in [0.5, 0.6) is 0 Å². The van der Waals surface area contributed by atoms with E-state index in [1.165, 1.54) is 0 Å². The second-order valence-electron chi connectivity index (χ2n) is 0.915. The van der Waals surface area contributed by atoms with Crippen LogP contribution in [-0.2, 0) is 0 Å². The first-order valence-corrected chi connectivity index (χ1v) is 4.05. The van der Waals surface area contributed by atoms with Gasteiger partial charge in [0.05, 0.1) is 3.39 Å². The number of rotatable bonds is 1. The molecule has 0 aromatic carbocycles. The Bertz CT molecular complexity index is 80.9. The standard InChI is InChI=1S/C4H4Br3/c1-2-3(5)4(6)7/h1-2H2. The lowest BCUT2D eigenvalue weighted by molar-refractivity contribution is 1.39. The van der Waals surface area contributed by atoms with Gasteiger partial charge in [-0.25, -0.2) is 0 Å². The van der Waals surface area contributed by atoms with Crippen LogP contribution in [0.1, 0.15) is 6.42 Å². The summed E-state index contributed by atoms with van der Waals surface area (Å²) in [6.45, 7) is 3.64. The average Bonchev–Trinajstić information content (AvgIpc) is 1.65. The van der Waals surface area contributed by atoms with Crippen LogP contribution >= 0.6 is 47.8 Å². The highest BCUT2D eigenvalue weighted by Gasteiger charge is 1.89. The first kappa shape index (κ1) is 8.18. The van der Waals surface area contributed by atoms with Gasteiger partial charge in [0.1, 0.15) is 0 Å². The minimum atomic E-state index is 0.770. The molecule has 0 spiro atoms. The Kier molecular flexibility index (Phi) is 4.79. The molecule has 0 unspecified atom stereocenters. The monoisotopic (exact) mass is 289 g/mol. The molecule has 0 heterocycles. The molecule has 0 saturated carbocycles. The molecular formula is C4H4Br3. The molecule has 41 valence electrons. The summed E-state index contributed by atoms with van der Waals surface area (Å²) in [6, 6.07) is 0. The van der Waals surface area contributed by atoms with E-state index in [2.05, 4.69) is 54.7 Å². The van der Waals surface area contributed by atoms with Gasteiger partial charge in [0.25, 0.3) is 0 Å². The molecule has 0 aromatic heterocycles. The average molecular weight is 292 g/mol. The van der Waals surface area contributed by atoms with E-state index in [9.17, 15) is 0 Å². The lowest BCUT2D eigenvalue weighted by Crippen LogP contribution is -1.62. The molecule has 0 aliphatic rings. The van der Waals surface area contributed by atoms with Gasteiger partial charge in [-0.2, -0.15) is 0 Å². The Labute approximate surface area is 68.7 Å². The third-order valence-electron chi connectivity index (χ3n) is 0.425. The lowest BCUT2D eigenvalue weighted by Gasteiger charge is -1.88. The quantitative estimate of drug-likeness (QED) is 0.693. The van der Waals surface area contributed by atoms with E-state index >= 15 is 0 Å². The molecule has 0 aliphatic heterocycles. The van der Waals surface area contributed by atoms with Gasteiger partial charge in [0, 0.05) is 4.48 Å². The van der Waals surface area contributed by atoms with Gasteiger partial charge in [-0.05, 0) is 45.2 Å². The molecule has 7 heavy (non-hydrogen) atoms. The van der Waals surface area contributed by atoms with Crippen molar-refractivity contribution in [2.75, 3.05) is 0 Å². The maximum absolute atomic E-state index is 3.64. The summed E-state index contributed by atoms with van der Waals surface area (Å²) in [7, 11) is 0. The fourth-order valence-corrected chi connectivity index (χ4v) is 0.491. The predicted octanol–water partition coefficient (Wildman–Crippen LogP) is 3.56. The van der Waals surface area contributed by atoms with Crippen LogP contribution in [0.4, 0.5) is 0 Å². The molecule has 0 aliphatic carbocycles. The third kappa shape index (κ3) is 3.74. The Morgan fingerprint density at radius 2 is 1.71 bits per heavy atom. The molecule has 0 saturated heterocycles. The summed E-state index contributed by atoms with van der Waals surface area (Å²) in [5.41, 5.74) is 0. The van der Waals surface area contributed by atoms with Crippen molar-refractivity contribution in [2.45, 2.75) is 6.42 Å². The molecule has 0 rings (SSSR count). The zero-order valence-electron chi connectivity index (χ0n) is 3.55. The zero-order chi connectivity index (χ0) is 5.86. The van der Waals surface area contributed by atoms with Crippen molar-refractivity contribution >= 4 is 47.8 Å². The maximum atomic E-state index is 3.64. The Hall–Kier alpha value is 1.18. The van der Waals surface area contributed by atoms with Crippen molar-refractivity contribution in [3.8, 4) is 0 Å². The number of hydrogen-bond donors (Lipinski definition) is 0. The van der Waals surface area contributed by atoms with Gasteiger partial charge in [-0.15, -0.1) is 0 Å². The van der Waals surface area contributed by atoms with Gasteiger partial charge < -0.3 is 0 Å². The van der Waals surface area contributed by atoms with Crippen LogP contribution in [-0.4, -0.2) is 0 Å². The first-order valence-electron chi connectivity index (χ1n) is 1.67. The van der Waals surface area contributed by atoms with Crippen LogP contribution in [0.3, 0.4) is 0 Å². The molecule has 0 atom stereocenters. The van der Waals surface area contributed by atoms with Crippen molar-refractivity contribution < 1.29 is 0 Å². The SMILES string of the molecule is [CH2]CC(Br)=C(Br)Br. The van der Waals surface area contributed by atoms with Gasteiger partial charge in [-0.1, -0.05) is 15.9 Å². The minimum absolute atomic E-state index is 0.770. The number of halogens is 3. The lowest BCUT2D eigenvalue weighted by atomic mass is 10.5. The molecule has 0 fully saturated rings. The molecule has 0 amide bonds. The summed E-state index contributed by atoms with van der Waals surface area (Å²) in [5.74, 6) is 0. The summed E-state index contributed by atoms with van der Waals surface area (Å²) in [6.07, 6.45) is 0.770. The smallest absolute Gasteiger partial charge is 0.0539 e. The first-order chi connectivity index (χ1) is 3.18. The second-order valence-corrected chi connectivity index (χ2v) is 4.52. The van der Waals surface area contributed by atoms with E-state index in [1.807, 2.05) is 0 Å². The Balaban J connectivity index is 3.72. The van der Waals surface area contributed by atoms with Gasteiger partial charge >= 0.3 is 0 Å². The summed E-state index contributed by atoms with van der Waals surface area (Å²) >= 11 is 9.68. The molecule has 0 bridgehead atoms. The fraction of sp³-hybridized carbons (Fsp3) is 0.250. The Morgan fingerprint density at radius 3 is 1.71 bits per heavy atom. The molecule has 0 N–H and O–H groups in total. The van der Waals surface area contributed by atoms with Crippen molar-refractivity contribution in [2.24, 2.45) is 0 Å². The van der Waals surface area contributed by atoms with E-state index in [0.717, 1.165) is 14.3 Å². The second kappa shape index (κ2) is 4.10. The normalized spacial score (nSPS) is 8.57. The van der Waals surface area contributed by atoms with E-state index < -0.39 is 0 Å². The summed E-state index contributed by atoms with van der Waals surface area (Å²) in [4.78, 5) is 0. The van der Waals surface area contributed by atoms with E-state index in [4.69, 9.17) is 0 Å². The molecule has 1 radical (unpaired) electrons. The minimum Gasteiger partial charge on any atom is -0.0539 e.